The maximum Gasteiger partial charge on any atom is 0.344 e. The van der Waals surface area contributed by atoms with Crippen molar-refractivity contribution in [1.82, 2.24) is 5.32 Å². The van der Waals surface area contributed by atoms with Gasteiger partial charge in [-0.05, 0) is 37.5 Å². The summed E-state index contributed by atoms with van der Waals surface area (Å²) in [7, 11) is 0. The van der Waals surface area contributed by atoms with E-state index in [9.17, 15) is 24.3 Å². The number of benzene rings is 2. The molecule has 1 aliphatic rings. The Morgan fingerprint density at radius 3 is 2.50 bits per heavy atom. The standard InChI is InChI=1S/C25H28N2O7S.ClH/c1-2-33-23(30)15-34-25(32)18(13-12-17-8-4-3-5-9-17)26-19-16-35-21-11-7-6-10-20(21)27(24(19)31)14-22(28)29;/h3-11,18-19,26H,2,12-16H2,1H3,(H,28,29);1H. The van der Waals surface area contributed by atoms with Crippen molar-refractivity contribution in [3.05, 3.63) is 60.2 Å². The number of para-hydroxylation sites is 1. The Morgan fingerprint density at radius 2 is 1.81 bits per heavy atom. The minimum atomic E-state index is -1.15. The molecule has 2 aromatic rings. The molecule has 0 bridgehead atoms. The third-order valence-electron chi connectivity index (χ3n) is 5.31. The molecule has 0 spiro atoms. The number of hydrogen-bond acceptors (Lipinski definition) is 8. The normalized spacial score (nSPS) is 15.6. The van der Waals surface area contributed by atoms with Crippen molar-refractivity contribution in [2.45, 2.75) is 36.7 Å². The van der Waals surface area contributed by atoms with E-state index in [-0.39, 0.29) is 19.0 Å². The molecule has 2 N–H and O–H groups in total. The van der Waals surface area contributed by atoms with Crippen LogP contribution in [-0.4, -0.2) is 66.5 Å². The minimum absolute atomic E-state index is 0. The van der Waals surface area contributed by atoms with Gasteiger partial charge in [0.15, 0.2) is 6.61 Å². The smallest absolute Gasteiger partial charge is 0.344 e. The molecule has 3 rings (SSSR count). The van der Waals surface area contributed by atoms with Crippen LogP contribution < -0.4 is 10.2 Å². The zero-order valence-electron chi connectivity index (χ0n) is 19.8. The fraction of sp³-hybridized carbons (Fsp3) is 0.360. The highest BCUT2D eigenvalue weighted by atomic mass is 35.5. The number of rotatable bonds is 11. The Balaban J connectivity index is 0.00000456. The monoisotopic (exact) mass is 536 g/mol. The highest BCUT2D eigenvalue weighted by Crippen LogP contribution is 2.34. The summed E-state index contributed by atoms with van der Waals surface area (Å²) in [5, 5.41) is 12.5. The number of carboxylic acid groups (broad SMARTS) is 1. The molecule has 0 fully saturated rings. The lowest BCUT2D eigenvalue weighted by Gasteiger charge is -2.27. The molecule has 2 unspecified atom stereocenters. The van der Waals surface area contributed by atoms with Crippen molar-refractivity contribution in [1.29, 1.82) is 0 Å². The van der Waals surface area contributed by atoms with Gasteiger partial charge in [0.05, 0.1) is 18.3 Å². The molecule has 194 valence electrons. The molecule has 1 amide bonds. The van der Waals surface area contributed by atoms with Crippen LogP contribution in [0.4, 0.5) is 5.69 Å². The molecule has 2 atom stereocenters. The first kappa shape index (κ1) is 29.2. The Hall–Kier alpha value is -3.08. The summed E-state index contributed by atoms with van der Waals surface area (Å²) in [5.41, 5.74) is 1.51. The van der Waals surface area contributed by atoms with E-state index in [2.05, 4.69) is 5.32 Å². The molecule has 1 heterocycles. The molecular formula is C25H29ClN2O7S. The van der Waals surface area contributed by atoms with E-state index in [1.807, 2.05) is 42.5 Å². The molecule has 1 aliphatic heterocycles. The van der Waals surface area contributed by atoms with Crippen molar-refractivity contribution in [2.24, 2.45) is 0 Å². The predicted molar refractivity (Wildman–Crippen MR) is 137 cm³/mol. The summed E-state index contributed by atoms with van der Waals surface area (Å²) >= 11 is 1.40. The zero-order valence-corrected chi connectivity index (χ0v) is 21.4. The van der Waals surface area contributed by atoms with Crippen molar-refractivity contribution < 1.29 is 33.8 Å². The van der Waals surface area contributed by atoms with Crippen LogP contribution in [0.3, 0.4) is 0 Å². The summed E-state index contributed by atoms with van der Waals surface area (Å²) in [4.78, 5) is 51.4. The van der Waals surface area contributed by atoms with Gasteiger partial charge >= 0.3 is 17.9 Å². The van der Waals surface area contributed by atoms with E-state index in [0.717, 1.165) is 10.5 Å². The van der Waals surface area contributed by atoms with Crippen LogP contribution in [0, 0.1) is 0 Å². The highest BCUT2D eigenvalue weighted by Gasteiger charge is 2.35. The Kier molecular flexibility index (Phi) is 11.7. The number of halogens is 1. The second-order valence-corrected chi connectivity index (χ2v) is 8.87. The van der Waals surface area contributed by atoms with Gasteiger partial charge in [-0.1, -0.05) is 42.5 Å². The first-order valence-corrected chi connectivity index (χ1v) is 12.2. The van der Waals surface area contributed by atoms with E-state index < -0.39 is 49.1 Å². The van der Waals surface area contributed by atoms with Gasteiger partial charge < -0.3 is 14.6 Å². The number of carbonyl (C=O) groups excluding carboxylic acids is 3. The molecule has 0 radical (unpaired) electrons. The fourth-order valence-corrected chi connectivity index (χ4v) is 4.76. The highest BCUT2D eigenvalue weighted by molar-refractivity contribution is 7.99. The Labute approximate surface area is 219 Å². The third kappa shape index (κ3) is 8.25. The molecule has 11 heteroatoms. The topological polar surface area (TPSA) is 122 Å². The fourth-order valence-electron chi connectivity index (χ4n) is 3.67. The molecule has 2 aromatic carbocycles. The lowest BCUT2D eigenvalue weighted by atomic mass is 10.0. The lowest BCUT2D eigenvalue weighted by molar-refractivity contribution is -0.160. The molecule has 0 aromatic heterocycles. The average molecular weight is 537 g/mol. The summed E-state index contributed by atoms with van der Waals surface area (Å²) in [6, 6.07) is 14.9. The van der Waals surface area contributed by atoms with Crippen molar-refractivity contribution in [3.63, 3.8) is 0 Å². The number of hydrogen-bond donors (Lipinski definition) is 2. The summed E-state index contributed by atoms with van der Waals surface area (Å²) in [5.74, 6) is -2.65. The quantitative estimate of drug-likeness (QED) is 0.417. The van der Waals surface area contributed by atoms with Gasteiger partial charge in [0.25, 0.3) is 0 Å². The van der Waals surface area contributed by atoms with Gasteiger partial charge in [0.1, 0.15) is 12.6 Å². The molecule has 0 aliphatic carbocycles. The van der Waals surface area contributed by atoms with E-state index in [1.54, 1.807) is 19.1 Å². The van der Waals surface area contributed by atoms with Crippen LogP contribution in [0.5, 0.6) is 0 Å². The van der Waals surface area contributed by atoms with Gasteiger partial charge in [-0.2, -0.15) is 0 Å². The maximum absolute atomic E-state index is 13.4. The lowest BCUT2D eigenvalue weighted by Crippen LogP contribution is -2.54. The van der Waals surface area contributed by atoms with Crippen molar-refractivity contribution in [2.75, 3.05) is 30.4 Å². The second-order valence-electron chi connectivity index (χ2n) is 7.81. The largest absolute Gasteiger partial charge is 0.480 e. The van der Waals surface area contributed by atoms with Crippen molar-refractivity contribution >= 4 is 53.7 Å². The number of esters is 2. The third-order valence-corrected chi connectivity index (χ3v) is 6.46. The van der Waals surface area contributed by atoms with Crippen LogP contribution in [-0.2, 0) is 35.1 Å². The summed E-state index contributed by atoms with van der Waals surface area (Å²) in [6.45, 7) is 0.788. The first-order chi connectivity index (χ1) is 16.9. The van der Waals surface area contributed by atoms with Crippen molar-refractivity contribution in [3.8, 4) is 0 Å². The molecule has 9 nitrogen and oxygen atoms in total. The van der Waals surface area contributed by atoms with Gasteiger partial charge in [-0.3, -0.25) is 24.6 Å². The van der Waals surface area contributed by atoms with Gasteiger partial charge in [0, 0.05) is 10.6 Å². The van der Waals surface area contributed by atoms with Gasteiger partial charge in [0.2, 0.25) is 5.91 Å². The molecular weight excluding hydrogens is 508 g/mol. The Bertz CT molecular complexity index is 1050. The van der Waals surface area contributed by atoms with Crippen LogP contribution in [0.1, 0.15) is 18.9 Å². The van der Waals surface area contributed by atoms with Gasteiger partial charge in [-0.15, -0.1) is 24.2 Å². The number of carboxylic acids is 1. The number of amides is 1. The number of carbonyl (C=O) groups is 4. The number of ether oxygens (including phenoxy) is 2. The number of anilines is 1. The number of aryl methyl sites for hydroxylation is 1. The first-order valence-electron chi connectivity index (χ1n) is 11.3. The predicted octanol–water partition coefficient (Wildman–Crippen LogP) is 2.70. The molecule has 0 saturated carbocycles. The number of nitrogens with zero attached hydrogens (tertiary/aromatic N) is 1. The second kappa shape index (κ2) is 14.5. The van der Waals surface area contributed by atoms with Crippen LogP contribution >= 0.6 is 24.2 Å². The number of nitrogens with one attached hydrogen (secondary N) is 1. The number of aliphatic carboxylic acids is 1. The van der Waals surface area contributed by atoms with E-state index in [4.69, 9.17) is 9.47 Å². The molecule has 0 saturated heterocycles. The number of fused-ring (bicyclic) bond motifs is 1. The van der Waals surface area contributed by atoms with E-state index in [1.165, 1.54) is 16.7 Å². The van der Waals surface area contributed by atoms with E-state index in [0.29, 0.717) is 24.3 Å². The Morgan fingerprint density at radius 1 is 1.11 bits per heavy atom. The SMILES string of the molecule is CCOC(=O)COC(=O)C(CCc1ccccc1)NC1CSc2ccccc2N(CC(=O)O)C1=O.Cl. The van der Waals surface area contributed by atoms with Crippen LogP contribution in [0.15, 0.2) is 59.5 Å². The number of thioether (sulfide) groups is 1. The van der Waals surface area contributed by atoms with Gasteiger partial charge in [-0.25, -0.2) is 4.79 Å². The summed E-state index contributed by atoms with van der Waals surface area (Å²) < 4.78 is 9.98. The van der Waals surface area contributed by atoms with E-state index >= 15 is 0 Å². The average Bonchev–Trinajstić information content (AvgIpc) is 2.97. The van der Waals surface area contributed by atoms with Crippen LogP contribution in [0.2, 0.25) is 0 Å². The zero-order chi connectivity index (χ0) is 25.2. The molecule has 36 heavy (non-hydrogen) atoms. The summed E-state index contributed by atoms with van der Waals surface area (Å²) in [6.07, 6.45) is 0.839. The maximum atomic E-state index is 13.4. The minimum Gasteiger partial charge on any atom is -0.480 e. The van der Waals surface area contributed by atoms with Crippen LogP contribution in [0.25, 0.3) is 0 Å².